The molecular formula is C19H24N4O2. The highest BCUT2D eigenvalue weighted by atomic mass is 16.5. The molecule has 4 rings (SSSR count). The fourth-order valence-electron chi connectivity index (χ4n) is 3.64. The number of hydrogen-bond donors (Lipinski definition) is 1. The number of morpholine rings is 1. The summed E-state index contributed by atoms with van der Waals surface area (Å²) < 4.78 is 5.85. The van der Waals surface area contributed by atoms with Crippen molar-refractivity contribution in [2.45, 2.75) is 32.0 Å². The van der Waals surface area contributed by atoms with Crippen LogP contribution in [0.5, 0.6) is 0 Å². The van der Waals surface area contributed by atoms with Gasteiger partial charge in [0, 0.05) is 32.6 Å². The molecule has 1 N–H and O–H groups in total. The van der Waals surface area contributed by atoms with Crippen molar-refractivity contribution in [3.05, 3.63) is 53.6 Å². The van der Waals surface area contributed by atoms with E-state index in [0.29, 0.717) is 19.6 Å². The Morgan fingerprint density at radius 2 is 2.16 bits per heavy atom. The zero-order valence-electron chi connectivity index (χ0n) is 14.4. The van der Waals surface area contributed by atoms with E-state index in [1.54, 1.807) is 6.33 Å². The first-order valence-corrected chi connectivity index (χ1v) is 8.95. The van der Waals surface area contributed by atoms with Gasteiger partial charge in [-0.2, -0.15) is 0 Å². The lowest BCUT2D eigenvalue weighted by Gasteiger charge is -2.34. The van der Waals surface area contributed by atoms with Crippen LogP contribution in [-0.4, -0.2) is 58.0 Å². The number of nitrogens with zero attached hydrogens (tertiary/aromatic N) is 3. The molecule has 2 aliphatic rings. The Kier molecular flexibility index (Phi) is 4.81. The first kappa shape index (κ1) is 16.3. The first-order chi connectivity index (χ1) is 12.3. The maximum Gasteiger partial charge on any atom is 0.225 e. The molecule has 0 saturated carbocycles. The molecule has 0 aliphatic carbocycles. The highest BCUT2D eigenvalue weighted by molar-refractivity contribution is 5.77. The average Bonchev–Trinajstić information content (AvgIpc) is 3.10. The maximum absolute atomic E-state index is 12.7. The molecule has 132 valence electrons. The normalized spacial score (nSPS) is 21.1. The molecule has 3 heterocycles. The van der Waals surface area contributed by atoms with E-state index in [1.165, 1.54) is 5.56 Å². The van der Waals surface area contributed by atoms with Crippen LogP contribution in [0.2, 0.25) is 0 Å². The van der Waals surface area contributed by atoms with Gasteiger partial charge in [0.2, 0.25) is 5.91 Å². The van der Waals surface area contributed by atoms with Gasteiger partial charge in [0.25, 0.3) is 0 Å². The number of carbonyl (C=O) groups excluding carboxylic acids is 1. The largest absolute Gasteiger partial charge is 0.375 e. The van der Waals surface area contributed by atoms with Gasteiger partial charge in [0.05, 0.1) is 43.4 Å². The summed E-state index contributed by atoms with van der Waals surface area (Å²) in [4.78, 5) is 24.4. The van der Waals surface area contributed by atoms with Crippen molar-refractivity contribution in [2.24, 2.45) is 0 Å². The van der Waals surface area contributed by atoms with Crippen molar-refractivity contribution in [3.63, 3.8) is 0 Å². The molecule has 1 aromatic heterocycles. The Bertz CT molecular complexity index is 715. The van der Waals surface area contributed by atoms with E-state index in [0.717, 1.165) is 44.0 Å². The summed E-state index contributed by atoms with van der Waals surface area (Å²) in [7, 11) is 0. The van der Waals surface area contributed by atoms with Crippen molar-refractivity contribution in [2.75, 3.05) is 26.2 Å². The Morgan fingerprint density at radius 3 is 3.04 bits per heavy atom. The first-order valence-electron chi connectivity index (χ1n) is 8.95. The molecule has 0 radical (unpaired) electrons. The van der Waals surface area contributed by atoms with Crippen LogP contribution in [0.3, 0.4) is 0 Å². The number of imidazole rings is 1. The van der Waals surface area contributed by atoms with Gasteiger partial charge in [-0.3, -0.25) is 9.69 Å². The molecule has 1 atom stereocenters. The van der Waals surface area contributed by atoms with Gasteiger partial charge in [0.15, 0.2) is 0 Å². The molecule has 1 amide bonds. The number of aromatic nitrogens is 2. The second-order valence-corrected chi connectivity index (χ2v) is 6.81. The fraction of sp³-hybridized carbons (Fsp3) is 0.474. The lowest BCUT2D eigenvalue weighted by atomic mass is 10.1. The predicted molar refractivity (Wildman–Crippen MR) is 93.8 cm³/mol. The number of ether oxygens (including phenoxy) is 1. The fourth-order valence-corrected chi connectivity index (χ4v) is 3.64. The number of H-pyrrole nitrogens is 1. The molecule has 2 aliphatic heterocycles. The second-order valence-electron chi connectivity index (χ2n) is 6.81. The van der Waals surface area contributed by atoms with Crippen LogP contribution in [0.4, 0.5) is 0 Å². The van der Waals surface area contributed by atoms with E-state index < -0.39 is 0 Å². The predicted octanol–water partition coefficient (Wildman–Crippen LogP) is 1.59. The van der Waals surface area contributed by atoms with Crippen LogP contribution in [0.25, 0.3) is 0 Å². The minimum atomic E-state index is -0.0203. The third kappa shape index (κ3) is 3.91. The van der Waals surface area contributed by atoms with Gasteiger partial charge in [-0.05, 0) is 5.56 Å². The van der Waals surface area contributed by atoms with Crippen molar-refractivity contribution < 1.29 is 9.53 Å². The topological polar surface area (TPSA) is 61.5 Å². The minimum absolute atomic E-state index is 0.0203. The molecule has 1 saturated heterocycles. The lowest BCUT2D eigenvalue weighted by molar-refractivity contribution is -0.137. The molecule has 1 fully saturated rings. The molecule has 6 heteroatoms. The van der Waals surface area contributed by atoms with Gasteiger partial charge in [-0.25, -0.2) is 4.98 Å². The van der Waals surface area contributed by atoms with Crippen LogP contribution in [0, 0.1) is 0 Å². The minimum Gasteiger partial charge on any atom is -0.375 e. The van der Waals surface area contributed by atoms with E-state index >= 15 is 0 Å². The van der Waals surface area contributed by atoms with E-state index in [9.17, 15) is 4.79 Å². The van der Waals surface area contributed by atoms with Gasteiger partial charge in [0.1, 0.15) is 0 Å². The van der Waals surface area contributed by atoms with E-state index in [1.807, 2.05) is 11.0 Å². The average molecular weight is 340 g/mol. The Morgan fingerprint density at radius 1 is 1.28 bits per heavy atom. The van der Waals surface area contributed by atoms with Gasteiger partial charge >= 0.3 is 0 Å². The number of rotatable bonds is 4. The lowest BCUT2D eigenvalue weighted by Crippen LogP contribution is -2.45. The molecule has 25 heavy (non-hydrogen) atoms. The molecular weight excluding hydrogens is 316 g/mol. The molecule has 6 nitrogen and oxygen atoms in total. The summed E-state index contributed by atoms with van der Waals surface area (Å²) in [5.74, 6) is 0.173. The quantitative estimate of drug-likeness (QED) is 0.918. The number of aromatic amines is 1. The Labute approximate surface area is 147 Å². The number of benzene rings is 1. The van der Waals surface area contributed by atoms with Crippen LogP contribution in [-0.2, 0) is 29.0 Å². The Balaban J connectivity index is 1.31. The Hall–Kier alpha value is -2.18. The molecule has 0 spiro atoms. The van der Waals surface area contributed by atoms with Crippen LogP contribution in [0.15, 0.2) is 36.7 Å². The smallest absolute Gasteiger partial charge is 0.225 e. The number of fused-ring (bicyclic) bond motifs is 1. The van der Waals surface area contributed by atoms with Gasteiger partial charge in [-0.1, -0.05) is 30.3 Å². The maximum atomic E-state index is 12.7. The summed E-state index contributed by atoms with van der Waals surface area (Å²) >= 11 is 0. The summed E-state index contributed by atoms with van der Waals surface area (Å²) in [5.41, 5.74) is 3.46. The van der Waals surface area contributed by atoms with Gasteiger partial charge in [-0.15, -0.1) is 0 Å². The van der Waals surface area contributed by atoms with Crippen molar-refractivity contribution in [1.29, 1.82) is 0 Å². The summed E-state index contributed by atoms with van der Waals surface area (Å²) in [6, 6.07) is 10.5. The van der Waals surface area contributed by atoms with Crippen LogP contribution >= 0.6 is 0 Å². The SMILES string of the molecule is O=C(CC1CN(Cc2ccccc2)CCO1)N1CCc2nc[nH]c2C1. The summed E-state index contributed by atoms with van der Waals surface area (Å²) in [6.45, 7) is 4.71. The van der Waals surface area contributed by atoms with E-state index in [4.69, 9.17) is 4.74 Å². The van der Waals surface area contributed by atoms with Crippen LogP contribution in [0.1, 0.15) is 23.4 Å². The third-order valence-electron chi connectivity index (χ3n) is 5.00. The highest BCUT2D eigenvalue weighted by Gasteiger charge is 2.27. The zero-order chi connectivity index (χ0) is 17.1. The number of nitrogens with one attached hydrogen (secondary N) is 1. The van der Waals surface area contributed by atoms with Crippen molar-refractivity contribution >= 4 is 5.91 Å². The number of carbonyl (C=O) groups is 1. The molecule has 1 unspecified atom stereocenters. The van der Waals surface area contributed by atoms with Gasteiger partial charge < -0.3 is 14.6 Å². The molecule has 0 bridgehead atoms. The monoisotopic (exact) mass is 340 g/mol. The summed E-state index contributed by atoms with van der Waals surface area (Å²) in [6.07, 6.45) is 2.98. The number of amides is 1. The standard InChI is InChI=1S/C19H24N4O2/c24-19(23-7-6-17-18(13-23)21-14-20-17)10-16-12-22(8-9-25-16)11-15-4-2-1-3-5-15/h1-5,14,16H,6-13H2,(H,20,21). The zero-order valence-corrected chi connectivity index (χ0v) is 14.4. The van der Waals surface area contributed by atoms with Crippen molar-refractivity contribution in [3.8, 4) is 0 Å². The van der Waals surface area contributed by atoms with E-state index in [2.05, 4.69) is 39.1 Å². The molecule has 2 aromatic rings. The van der Waals surface area contributed by atoms with Crippen molar-refractivity contribution in [1.82, 2.24) is 19.8 Å². The van der Waals surface area contributed by atoms with Crippen LogP contribution < -0.4 is 0 Å². The summed E-state index contributed by atoms with van der Waals surface area (Å²) in [5, 5.41) is 0. The highest BCUT2D eigenvalue weighted by Crippen LogP contribution is 2.18. The van der Waals surface area contributed by atoms with E-state index in [-0.39, 0.29) is 12.0 Å². The second kappa shape index (κ2) is 7.37. The third-order valence-corrected chi connectivity index (χ3v) is 5.00. The molecule has 1 aromatic carbocycles. The number of hydrogen-bond acceptors (Lipinski definition) is 4.